The summed E-state index contributed by atoms with van der Waals surface area (Å²) in [5, 5.41) is 8.97. The predicted octanol–water partition coefficient (Wildman–Crippen LogP) is 3.60. The van der Waals surface area contributed by atoms with Gasteiger partial charge in [-0.3, -0.25) is 9.36 Å². The SMILES string of the molecule is CCOC(=O)C1=C(C)N=c2s/c(=C\c3cc(I)c(OCC(=O)O)c(OC)c3)c(=O)n2[C@@H]1c1ccc(SC)cc1. The molecule has 9 nitrogen and oxygen atoms in total. The first kappa shape index (κ1) is 28.9. The van der Waals surface area contributed by atoms with E-state index in [1.165, 1.54) is 23.0 Å². The number of allylic oxidation sites excluding steroid dienone is 1. The zero-order valence-corrected chi connectivity index (χ0v) is 25.3. The summed E-state index contributed by atoms with van der Waals surface area (Å²) < 4.78 is 18.7. The molecule has 12 heteroatoms. The van der Waals surface area contributed by atoms with Gasteiger partial charge in [-0.15, -0.1) is 11.8 Å². The number of hydrogen-bond acceptors (Lipinski definition) is 9. The number of carboxylic acids is 1. The summed E-state index contributed by atoms with van der Waals surface area (Å²) in [5.41, 5.74) is 1.95. The average molecular weight is 681 g/mol. The highest BCUT2D eigenvalue weighted by atomic mass is 127. The third-order valence-corrected chi connectivity index (χ3v) is 8.37. The van der Waals surface area contributed by atoms with E-state index in [2.05, 4.69) is 4.99 Å². The Morgan fingerprint density at radius 3 is 2.59 bits per heavy atom. The number of esters is 1. The van der Waals surface area contributed by atoms with E-state index in [0.717, 1.165) is 10.5 Å². The lowest BCUT2D eigenvalue weighted by Crippen LogP contribution is -2.39. The Kier molecular flexibility index (Phi) is 9.18. The number of aliphatic carboxylic acids is 1. The molecule has 2 heterocycles. The van der Waals surface area contributed by atoms with Crippen molar-refractivity contribution in [1.82, 2.24) is 4.57 Å². The predicted molar refractivity (Wildman–Crippen MR) is 157 cm³/mol. The maximum absolute atomic E-state index is 13.8. The van der Waals surface area contributed by atoms with E-state index in [1.54, 1.807) is 43.8 Å². The zero-order valence-electron chi connectivity index (χ0n) is 21.5. The van der Waals surface area contributed by atoms with Crippen molar-refractivity contribution >= 4 is 63.7 Å². The molecule has 0 aliphatic carbocycles. The molecule has 0 amide bonds. The van der Waals surface area contributed by atoms with Crippen LogP contribution in [0.3, 0.4) is 0 Å². The van der Waals surface area contributed by atoms with Crippen LogP contribution < -0.4 is 24.4 Å². The summed E-state index contributed by atoms with van der Waals surface area (Å²) in [6, 6.07) is 10.5. The highest BCUT2D eigenvalue weighted by Crippen LogP contribution is 2.34. The van der Waals surface area contributed by atoms with Crippen molar-refractivity contribution in [1.29, 1.82) is 0 Å². The summed E-state index contributed by atoms with van der Waals surface area (Å²) in [4.78, 5) is 44.0. The van der Waals surface area contributed by atoms with Gasteiger partial charge in [0.1, 0.15) is 0 Å². The van der Waals surface area contributed by atoms with Gasteiger partial charge in [0.25, 0.3) is 5.56 Å². The molecule has 0 radical (unpaired) electrons. The molecular formula is C27H25IN2O7S2. The van der Waals surface area contributed by atoms with Gasteiger partial charge in [0.15, 0.2) is 22.9 Å². The molecule has 0 saturated carbocycles. The summed E-state index contributed by atoms with van der Waals surface area (Å²) in [5.74, 6) is -0.965. The van der Waals surface area contributed by atoms with E-state index in [0.29, 0.717) is 41.2 Å². The van der Waals surface area contributed by atoms with Gasteiger partial charge in [0.05, 0.1) is 39.1 Å². The normalized spacial score (nSPS) is 15.0. The first-order chi connectivity index (χ1) is 18.7. The number of aromatic nitrogens is 1. The first-order valence-electron chi connectivity index (χ1n) is 11.7. The van der Waals surface area contributed by atoms with Gasteiger partial charge in [-0.05, 0) is 84.2 Å². The molecule has 1 aliphatic heterocycles. The third-order valence-electron chi connectivity index (χ3n) is 5.84. The van der Waals surface area contributed by atoms with E-state index in [-0.39, 0.29) is 12.2 Å². The number of methoxy groups -OCH3 is 1. The third kappa shape index (κ3) is 6.07. The number of rotatable bonds is 9. The second-order valence-corrected chi connectivity index (χ2v) is 11.3. The average Bonchev–Trinajstić information content (AvgIpc) is 3.20. The second-order valence-electron chi connectivity index (χ2n) is 8.29. The number of thioether (sulfide) groups is 1. The molecule has 0 saturated heterocycles. The topological polar surface area (TPSA) is 116 Å². The number of carbonyl (C=O) groups is 2. The lowest BCUT2D eigenvalue weighted by Gasteiger charge is -2.24. The van der Waals surface area contributed by atoms with E-state index in [1.807, 2.05) is 53.1 Å². The number of carboxylic acid groups (broad SMARTS) is 1. The van der Waals surface area contributed by atoms with Gasteiger partial charge in [0.2, 0.25) is 0 Å². The summed E-state index contributed by atoms with van der Waals surface area (Å²) in [7, 11) is 1.46. The minimum Gasteiger partial charge on any atom is -0.493 e. The molecule has 3 aromatic rings. The van der Waals surface area contributed by atoms with Crippen LogP contribution in [0, 0.1) is 3.57 Å². The lowest BCUT2D eigenvalue weighted by molar-refractivity contribution is -0.140. The van der Waals surface area contributed by atoms with Crippen LogP contribution in [-0.4, -0.2) is 48.2 Å². The molecular weight excluding hydrogens is 655 g/mol. The summed E-state index contributed by atoms with van der Waals surface area (Å²) >= 11 is 4.85. The Morgan fingerprint density at radius 1 is 1.26 bits per heavy atom. The Morgan fingerprint density at radius 2 is 1.97 bits per heavy atom. The molecule has 0 bridgehead atoms. The molecule has 2 aromatic carbocycles. The van der Waals surface area contributed by atoms with E-state index >= 15 is 0 Å². The number of thiazole rings is 1. The van der Waals surface area contributed by atoms with Crippen LogP contribution in [0.2, 0.25) is 0 Å². The van der Waals surface area contributed by atoms with Crippen molar-refractivity contribution in [3.8, 4) is 11.5 Å². The van der Waals surface area contributed by atoms with Crippen LogP contribution >= 0.6 is 45.7 Å². The van der Waals surface area contributed by atoms with Gasteiger partial charge in [-0.2, -0.15) is 0 Å². The number of carbonyl (C=O) groups excluding carboxylic acids is 1. The van der Waals surface area contributed by atoms with Gasteiger partial charge in [-0.1, -0.05) is 23.5 Å². The Hall–Kier alpha value is -3.10. The van der Waals surface area contributed by atoms with Crippen molar-refractivity contribution in [2.45, 2.75) is 24.8 Å². The van der Waals surface area contributed by atoms with Crippen molar-refractivity contribution in [3.63, 3.8) is 0 Å². The van der Waals surface area contributed by atoms with Gasteiger partial charge in [0, 0.05) is 4.90 Å². The number of benzene rings is 2. The number of fused-ring (bicyclic) bond motifs is 1. The standard InChI is InChI=1S/C27H25IN2O7S2/c1-5-36-26(34)22-14(2)29-27-30(23(22)16-6-8-17(38-4)9-7-16)25(33)20(39-27)12-15-10-18(28)24(19(11-15)35-3)37-13-21(31)32/h6-12,23H,5,13H2,1-4H3,(H,31,32)/b20-12-/t23-/m1/s1. The number of ether oxygens (including phenoxy) is 3. The van der Waals surface area contributed by atoms with Gasteiger partial charge < -0.3 is 19.3 Å². The van der Waals surface area contributed by atoms with Crippen LogP contribution in [0.15, 0.2) is 62.4 Å². The smallest absolute Gasteiger partial charge is 0.341 e. The molecule has 1 N–H and O–H groups in total. The monoisotopic (exact) mass is 680 g/mol. The molecule has 0 fully saturated rings. The van der Waals surface area contributed by atoms with E-state index < -0.39 is 24.6 Å². The summed E-state index contributed by atoms with van der Waals surface area (Å²) in [6.07, 6.45) is 3.69. The van der Waals surface area contributed by atoms with Crippen molar-refractivity contribution in [2.24, 2.45) is 4.99 Å². The molecule has 0 spiro atoms. The van der Waals surface area contributed by atoms with Crippen LogP contribution in [0.25, 0.3) is 6.08 Å². The molecule has 204 valence electrons. The first-order valence-corrected chi connectivity index (χ1v) is 14.9. The van der Waals surface area contributed by atoms with Crippen LogP contribution in [0.5, 0.6) is 11.5 Å². The van der Waals surface area contributed by atoms with Crippen LogP contribution in [0.4, 0.5) is 0 Å². The Balaban J connectivity index is 1.87. The maximum Gasteiger partial charge on any atom is 0.341 e. The quantitative estimate of drug-likeness (QED) is 0.207. The largest absolute Gasteiger partial charge is 0.493 e. The Labute approximate surface area is 246 Å². The minimum atomic E-state index is -1.10. The fraction of sp³-hybridized carbons (Fsp3) is 0.259. The van der Waals surface area contributed by atoms with E-state index in [4.69, 9.17) is 19.3 Å². The van der Waals surface area contributed by atoms with Gasteiger partial charge in [-0.25, -0.2) is 14.6 Å². The van der Waals surface area contributed by atoms with Gasteiger partial charge >= 0.3 is 11.9 Å². The highest BCUT2D eigenvalue weighted by molar-refractivity contribution is 14.1. The maximum atomic E-state index is 13.8. The lowest BCUT2D eigenvalue weighted by atomic mass is 9.96. The highest BCUT2D eigenvalue weighted by Gasteiger charge is 2.33. The van der Waals surface area contributed by atoms with Crippen molar-refractivity contribution in [3.05, 3.63) is 82.1 Å². The number of halogens is 1. The molecule has 1 aromatic heterocycles. The van der Waals surface area contributed by atoms with Crippen molar-refractivity contribution < 1.29 is 28.9 Å². The molecule has 0 unspecified atom stereocenters. The number of hydrogen-bond donors (Lipinski definition) is 1. The molecule has 1 atom stereocenters. The van der Waals surface area contributed by atoms with E-state index in [9.17, 15) is 14.4 Å². The fourth-order valence-corrected chi connectivity index (χ4v) is 6.38. The fourth-order valence-electron chi connectivity index (χ4n) is 4.14. The summed E-state index contributed by atoms with van der Waals surface area (Å²) in [6.45, 7) is 3.17. The Bertz CT molecular complexity index is 1640. The number of nitrogens with zero attached hydrogens (tertiary/aromatic N) is 2. The zero-order chi connectivity index (χ0) is 28.3. The van der Waals surface area contributed by atoms with Crippen molar-refractivity contribution in [2.75, 3.05) is 26.6 Å². The molecule has 39 heavy (non-hydrogen) atoms. The minimum absolute atomic E-state index is 0.199. The van der Waals surface area contributed by atoms with Crippen LogP contribution in [0.1, 0.15) is 31.0 Å². The van der Waals surface area contributed by atoms with Crippen LogP contribution in [-0.2, 0) is 14.3 Å². The molecule has 1 aliphatic rings. The second kappa shape index (κ2) is 12.4. The molecule has 4 rings (SSSR count).